The first-order chi connectivity index (χ1) is 7.93. The summed E-state index contributed by atoms with van der Waals surface area (Å²) in [5.74, 6) is 0. The van der Waals surface area contributed by atoms with E-state index in [1.807, 2.05) is 18.2 Å². The summed E-state index contributed by atoms with van der Waals surface area (Å²) in [6.45, 7) is 4.76. The standard InChI is InChI=1S/C13H17Cl2NO/c1-13(2)11(6-12(13)17)16-7-8-9(14)4-3-5-10(8)15/h3-5,11-12,16-17H,6-7H2,1-2H3. The van der Waals surface area contributed by atoms with Gasteiger partial charge >= 0.3 is 0 Å². The van der Waals surface area contributed by atoms with Crippen LogP contribution >= 0.6 is 23.2 Å². The van der Waals surface area contributed by atoms with Crippen LogP contribution in [0.15, 0.2) is 18.2 Å². The molecule has 2 rings (SSSR count). The Morgan fingerprint density at radius 1 is 1.35 bits per heavy atom. The Morgan fingerprint density at radius 2 is 1.94 bits per heavy atom. The van der Waals surface area contributed by atoms with Crippen LogP contribution < -0.4 is 5.32 Å². The van der Waals surface area contributed by atoms with Gasteiger partial charge in [-0.2, -0.15) is 0 Å². The number of benzene rings is 1. The highest BCUT2D eigenvalue weighted by Crippen LogP contribution is 2.40. The van der Waals surface area contributed by atoms with E-state index in [0.717, 1.165) is 12.0 Å². The third kappa shape index (κ3) is 2.45. The molecule has 0 aromatic heterocycles. The van der Waals surface area contributed by atoms with E-state index in [-0.39, 0.29) is 11.5 Å². The minimum Gasteiger partial charge on any atom is -0.392 e. The second kappa shape index (κ2) is 4.77. The molecule has 0 aliphatic heterocycles. The van der Waals surface area contributed by atoms with Crippen molar-refractivity contribution in [2.45, 2.75) is 39.0 Å². The van der Waals surface area contributed by atoms with Crippen molar-refractivity contribution in [3.63, 3.8) is 0 Å². The summed E-state index contributed by atoms with van der Waals surface area (Å²) < 4.78 is 0. The van der Waals surface area contributed by atoms with Crippen LogP contribution in [0.25, 0.3) is 0 Å². The van der Waals surface area contributed by atoms with Gasteiger partial charge in [0, 0.05) is 33.6 Å². The van der Waals surface area contributed by atoms with E-state index in [9.17, 15) is 5.11 Å². The largest absolute Gasteiger partial charge is 0.392 e. The van der Waals surface area contributed by atoms with Gasteiger partial charge in [0.15, 0.2) is 0 Å². The number of nitrogens with one attached hydrogen (secondary N) is 1. The van der Waals surface area contributed by atoms with Gasteiger partial charge in [-0.15, -0.1) is 0 Å². The van der Waals surface area contributed by atoms with Crippen molar-refractivity contribution in [1.29, 1.82) is 0 Å². The average molecular weight is 274 g/mol. The van der Waals surface area contributed by atoms with E-state index in [2.05, 4.69) is 19.2 Å². The molecule has 1 aliphatic rings. The Labute approximate surface area is 112 Å². The molecule has 0 amide bonds. The minimum atomic E-state index is -0.221. The van der Waals surface area contributed by atoms with Crippen molar-refractivity contribution in [1.82, 2.24) is 5.32 Å². The molecule has 0 bridgehead atoms. The summed E-state index contributed by atoms with van der Waals surface area (Å²) in [4.78, 5) is 0. The van der Waals surface area contributed by atoms with Gasteiger partial charge < -0.3 is 10.4 Å². The predicted octanol–water partition coefficient (Wildman–Crippen LogP) is 3.24. The third-order valence-corrected chi connectivity index (χ3v) is 4.51. The molecule has 4 heteroatoms. The van der Waals surface area contributed by atoms with E-state index in [0.29, 0.717) is 22.6 Å². The van der Waals surface area contributed by atoms with Gasteiger partial charge in [0.25, 0.3) is 0 Å². The first-order valence-corrected chi connectivity index (χ1v) is 6.53. The maximum absolute atomic E-state index is 9.66. The van der Waals surface area contributed by atoms with Crippen molar-refractivity contribution in [3.8, 4) is 0 Å². The summed E-state index contributed by atoms with van der Waals surface area (Å²) in [6.07, 6.45) is 0.566. The fourth-order valence-corrected chi connectivity index (χ4v) is 2.71. The number of hydrogen-bond acceptors (Lipinski definition) is 2. The smallest absolute Gasteiger partial charge is 0.0621 e. The zero-order chi connectivity index (χ0) is 12.6. The molecule has 0 heterocycles. The lowest BCUT2D eigenvalue weighted by Gasteiger charge is -2.49. The van der Waals surface area contributed by atoms with Crippen LogP contribution in [0.2, 0.25) is 10.0 Å². The van der Waals surface area contributed by atoms with Gasteiger partial charge in [-0.3, -0.25) is 0 Å². The van der Waals surface area contributed by atoms with Gasteiger partial charge in [0.2, 0.25) is 0 Å². The van der Waals surface area contributed by atoms with Crippen molar-refractivity contribution in [3.05, 3.63) is 33.8 Å². The monoisotopic (exact) mass is 273 g/mol. The Balaban J connectivity index is 2.00. The maximum Gasteiger partial charge on any atom is 0.0621 e. The molecular weight excluding hydrogens is 257 g/mol. The van der Waals surface area contributed by atoms with E-state index < -0.39 is 0 Å². The zero-order valence-electron chi connectivity index (χ0n) is 10.0. The van der Waals surface area contributed by atoms with Gasteiger partial charge in [0.1, 0.15) is 0 Å². The van der Waals surface area contributed by atoms with Crippen LogP contribution in [0.4, 0.5) is 0 Å². The van der Waals surface area contributed by atoms with Crippen LogP contribution in [-0.4, -0.2) is 17.3 Å². The van der Waals surface area contributed by atoms with E-state index in [1.165, 1.54) is 0 Å². The highest BCUT2D eigenvalue weighted by Gasteiger charge is 2.46. The number of hydrogen-bond donors (Lipinski definition) is 2. The topological polar surface area (TPSA) is 32.3 Å². The van der Waals surface area contributed by atoms with Gasteiger partial charge in [0.05, 0.1) is 6.10 Å². The fourth-order valence-electron chi connectivity index (χ4n) is 2.18. The molecule has 0 spiro atoms. The van der Waals surface area contributed by atoms with Crippen LogP contribution in [-0.2, 0) is 6.54 Å². The molecule has 0 saturated heterocycles. The fraction of sp³-hybridized carbons (Fsp3) is 0.538. The quantitative estimate of drug-likeness (QED) is 0.886. The summed E-state index contributed by atoms with van der Waals surface area (Å²) in [5.41, 5.74) is 0.848. The molecule has 2 N–H and O–H groups in total. The second-order valence-electron chi connectivity index (χ2n) is 5.21. The number of halogens is 2. The molecule has 2 atom stereocenters. The highest BCUT2D eigenvalue weighted by atomic mass is 35.5. The SMILES string of the molecule is CC1(C)C(O)CC1NCc1c(Cl)cccc1Cl. The van der Waals surface area contributed by atoms with Crippen LogP contribution in [0, 0.1) is 5.41 Å². The molecule has 1 fully saturated rings. The molecule has 17 heavy (non-hydrogen) atoms. The Hall–Kier alpha value is -0.280. The van der Waals surface area contributed by atoms with Crippen molar-refractivity contribution >= 4 is 23.2 Å². The van der Waals surface area contributed by atoms with Crippen LogP contribution in [0.1, 0.15) is 25.8 Å². The molecule has 1 saturated carbocycles. The Bertz CT molecular complexity index is 400. The zero-order valence-corrected chi connectivity index (χ0v) is 11.5. The van der Waals surface area contributed by atoms with E-state index >= 15 is 0 Å². The molecule has 1 aromatic rings. The van der Waals surface area contributed by atoms with E-state index in [4.69, 9.17) is 23.2 Å². The van der Waals surface area contributed by atoms with Crippen molar-refractivity contribution in [2.75, 3.05) is 0 Å². The predicted molar refractivity (Wildman–Crippen MR) is 71.5 cm³/mol. The summed E-state index contributed by atoms with van der Waals surface area (Å²) >= 11 is 12.2. The molecule has 2 unspecified atom stereocenters. The van der Waals surface area contributed by atoms with Crippen LogP contribution in [0.5, 0.6) is 0 Å². The number of rotatable bonds is 3. The Kier molecular flexibility index (Phi) is 3.69. The van der Waals surface area contributed by atoms with Gasteiger partial charge in [-0.1, -0.05) is 43.1 Å². The summed E-state index contributed by atoms with van der Waals surface area (Å²) in [7, 11) is 0. The molecule has 0 radical (unpaired) electrons. The van der Waals surface area contributed by atoms with Gasteiger partial charge in [-0.25, -0.2) is 0 Å². The second-order valence-corrected chi connectivity index (χ2v) is 6.02. The molecule has 1 aromatic carbocycles. The molecular formula is C13H17Cl2NO. The lowest BCUT2D eigenvalue weighted by Crippen LogP contribution is -2.59. The van der Waals surface area contributed by atoms with Crippen molar-refractivity contribution in [2.24, 2.45) is 5.41 Å². The number of aliphatic hydroxyl groups excluding tert-OH is 1. The summed E-state index contributed by atoms with van der Waals surface area (Å²) in [5, 5.41) is 14.4. The van der Waals surface area contributed by atoms with Gasteiger partial charge in [-0.05, 0) is 18.6 Å². The highest BCUT2D eigenvalue weighted by molar-refractivity contribution is 6.35. The third-order valence-electron chi connectivity index (χ3n) is 3.80. The van der Waals surface area contributed by atoms with Crippen LogP contribution in [0.3, 0.4) is 0 Å². The minimum absolute atomic E-state index is 0.0757. The summed E-state index contributed by atoms with van der Waals surface area (Å²) in [6, 6.07) is 5.83. The Morgan fingerprint density at radius 3 is 2.41 bits per heavy atom. The first-order valence-electron chi connectivity index (χ1n) is 5.77. The van der Waals surface area contributed by atoms with Crippen molar-refractivity contribution < 1.29 is 5.11 Å². The molecule has 94 valence electrons. The first kappa shape index (κ1) is 13.2. The molecule has 1 aliphatic carbocycles. The maximum atomic E-state index is 9.66. The number of aliphatic hydroxyl groups is 1. The van der Waals surface area contributed by atoms with E-state index in [1.54, 1.807) is 0 Å². The lowest BCUT2D eigenvalue weighted by atomic mass is 9.64. The lowest BCUT2D eigenvalue weighted by molar-refractivity contribution is -0.0729. The average Bonchev–Trinajstić information content (AvgIpc) is 2.27. The normalized spacial score (nSPS) is 26.6. The molecule has 2 nitrogen and oxygen atoms in total.